The SMILES string of the molecule is CC(C)(C)OC(=O)N1C[C@@H]2C[C@H]1C2CC(C)(O)C(=O)O. The Kier molecular flexibility index (Phi) is 3.48. The van der Waals surface area contributed by atoms with Crippen molar-refractivity contribution in [3.8, 4) is 0 Å². The lowest BCUT2D eigenvalue weighted by atomic mass is 9.69. The number of ether oxygens (including phenoxy) is 1. The largest absolute Gasteiger partial charge is 0.479 e. The van der Waals surface area contributed by atoms with Crippen LogP contribution in [0.15, 0.2) is 0 Å². The molecule has 2 N–H and O–H groups in total. The van der Waals surface area contributed by atoms with Gasteiger partial charge in [-0.3, -0.25) is 0 Å². The fraction of sp³-hybridized carbons (Fsp3) is 0.857. The number of carboxylic acid groups (broad SMARTS) is 1. The highest BCUT2D eigenvalue weighted by molar-refractivity contribution is 5.76. The molecule has 6 heteroatoms. The summed E-state index contributed by atoms with van der Waals surface area (Å²) in [5.74, 6) is -0.889. The smallest absolute Gasteiger partial charge is 0.410 e. The van der Waals surface area contributed by atoms with Crippen LogP contribution in [-0.2, 0) is 9.53 Å². The lowest BCUT2D eigenvalue weighted by molar-refractivity contribution is -0.159. The Morgan fingerprint density at radius 2 is 1.90 bits per heavy atom. The Hall–Kier alpha value is -1.30. The molecule has 6 nitrogen and oxygen atoms in total. The highest BCUT2D eigenvalue weighted by atomic mass is 16.6. The third-order valence-electron chi connectivity index (χ3n) is 4.20. The minimum atomic E-state index is -1.73. The van der Waals surface area contributed by atoms with Crippen LogP contribution in [0.2, 0.25) is 0 Å². The zero-order valence-corrected chi connectivity index (χ0v) is 12.4. The minimum Gasteiger partial charge on any atom is -0.479 e. The van der Waals surface area contributed by atoms with Gasteiger partial charge in [0.05, 0.1) is 0 Å². The van der Waals surface area contributed by atoms with Crippen LogP contribution >= 0.6 is 0 Å². The zero-order valence-electron chi connectivity index (χ0n) is 12.4. The van der Waals surface area contributed by atoms with Crippen LogP contribution in [0.4, 0.5) is 4.79 Å². The molecule has 0 aromatic carbocycles. The summed E-state index contributed by atoms with van der Waals surface area (Å²) in [6.45, 7) is 7.36. The van der Waals surface area contributed by atoms with Crippen molar-refractivity contribution in [3.63, 3.8) is 0 Å². The number of aliphatic carboxylic acids is 1. The lowest BCUT2D eigenvalue weighted by Gasteiger charge is -2.39. The fourth-order valence-corrected chi connectivity index (χ4v) is 3.11. The molecule has 2 aliphatic heterocycles. The number of fused-ring (bicyclic) bond motifs is 1. The van der Waals surface area contributed by atoms with E-state index in [1.54, 1.807) is 4.90 Å². The van der Waals surface area contributed by atoms with Crippen LogP contribution in [0.5, 0.6) is 0 Å². The average molecular weight is 285 g/mol. The van der Waals surface area contributed by atoms with Gasteiger partial charge in [-0.25, -0.2) is 9.59 Å². The van der Waals surface area contributed by atoms with Crippen LogP contribution in [0.3, 0.4) is 0 Å². The van der Waals surface area contributed by atoms with E-state index < -0.39 is 17.2 Å². The highest BCUT2D eigenvalue weighted by Crippen LogP contribution is 2.50. The van der Waals surface area contributed by atoms with Gasteiger partial charge < -0.3 is 19.8 Å². The third-order valence-corrected chi connectivity index (χ3v) is 4.20. The number of nitrogens with zero attached hydrogens (tertiary/aromatic N) is 1. The molecule has 1 amide bonds. The van der Waals surface area contributed by atoms with Crippen LogP contribution in [0.25, 0.3) is 0 Å². The molecule has 3 fully saturated rings. The maximum Gasteiger partial charge on any atom is 0.410 e. The summed E-state index contributed by atoms with van der Waals surface area (Å²) in [5.41, 5.74) is -2.27. The Bertz CT molecular complexity index is 426. The first-order valence-corrected chi connectivity index (χ1v) is 6.96. The van der Waals surface area contributed by atoms with Crippen molar-refractivity contribution < 1.29 is 24.5 Å². The molecule has 0 aromatic rings. The first-order chi connectivity index (χ1) is 9.01. The average Bonchev–Trinajstić information content (AvgIpc) is 2.81. The van der Waals surface area contributed by atoms with E-state index in [0.29, 0.717) is 6.54 Å². The molecule has 1 saturated carbocycles. The van der Waals surface area contributed by atoms with E-state index in [1.165, 1.54) is 6.92 Å². The molecule has 2 bridgehead atoms. The summed E-state index contributed by atoms with van der Waals surface area (Å²) < 4.78 is 5.35. The molecule has 2 unspecified atom stereocenters. The summed E-state index contributed by atoms with van der Waals surface area (Å²) in [6.07, 6.45) is 0.707. The van der Waals surface area contributed by atoms with Crippen molar-refractivity contribution in [3.05, 3.63) is 0 Å². The molecular formula is C14H23NO5. The molecule has 2 saturated heterocycles. The van der Waals surface area contributed by atoms with E-state index in [1.807, 2.05) is 20.8 Å². The second-order valence-electron chi connectivity index (χ2n) is 7.14. The Morgan fingerprint density at radius 1 is 1.30 bits per heavy atom. The van der Waals surface area contributed by atoms with Gasteiger partial charge in [-0.2, -0.15) is 0 Å². The van der Waals surface area contributed by atoms with Crippen molar-refractivity contribution in [2.75, 3.05) is 6.54 Å². The van der Waals surface area contributed by atoms with Gasteiger partial charge in [0.15, 0.2) is 5.60 Å². The van der Waals surface area contributed by atoms with Gasteiger partial charge in [0.25, 0.3) is 0 Å². The molecule has 2 heterocycles. The second-order valence-corrected chi connectivity index (χ2v) is 7.14. The monoisotopic (exact) mass is 285 g/mol. The zero-order chi connectivity index (χ0) is 15.3. The van der Waals surface area contributed by atoms with E-state index in [-0.39, 0.29) is 30.4 Å². The predicted molar refractivity (Wildman–Crippen MR) is 71.2 cm³/mol. The molecule has 0 aromatic heterocycles. The van der Waals surface area contributed by atoms with Crippen LogP contribution < -0.4 is 0 Å². The summed E-state index contributed by atoms with van der Waals surface area (Å²) in [6, 6.07) is 0.000625. The van der Waals surface area contributed by atoms with Crippen molar-refractivity contribution >= 4 is 12.1 Å². The highest BCUT2D eigenvalue weighted by Gasteiger charge is 2.56. The number of hydrogen-bond donors (Lipinski definition) is 2. The van der Waals surface area contributed by atoms with E-state index in [0.717, 1.165) is 6.42 Å². The predicted octanol–water partition coefficient (Wildman–Crippen LogP) is 1.47. The van der Waals surface area contributed by atoms with Gasteiger partial charge in [-0.1, -0.05) is 0 Å². The van der Waals surface area contributed by atoms with Crippen molar-refractivity contribution in [2.45, 2.75) is 57.8 Å². The van der Waals surface area contributed by atoms with Gasteiger partial charge in [-0.05, 0) is 52.4 Å². The number of aliphatic hydroxyl groups is 1. The quantitative estimate of drug-likeness (QED) is 0.820. The fourth-order valence-electron chi connectivity index (χ4n) is 3.11. The summed E-state index contributed by atoms with van der Waals surface area (Å²) in [4.78, 5) is 24.7. The van der Waals surface area contributed by atoms with E-state index >= 15 is 0 Å². The van der Waals surface area contributed by atoms with Gasteiger partial charge in [-0.15, -0.1) is 0 Å². The number of carbonyl (C=O) groups is 2. The normalized spacial score (nSPS) is 31.4. The van der Waals surface area contributed by atoms with Crippen LogP contribution in [0.1, 0.15) is 40.5 Å². The molecule has 114 valence electrons. The Morgan fingerprint density at radius 3 is 2.40 bits per heavy atom. The van der Waals surface area contributed by atoms with Crippen LogP contribution in [0, 0.1) is 11.8 Å². The first kappa shape index (κ1) is 15.1. The van der Waals surface area contributed by atoms with Crippen molar-refractivity contribution in [1.29, 1.82) is 0 Å². The maximum absolute atomic E-state index is 12.1. The van der Waals surface area contributed by atoms with E-state index in [2.05, 4.69) is 0 Å². The summed E-state index contributed by atoms with van der Waals surface area (Å²) >= 11 is 0. The van der Waals surface area contributed by atoms with Gasteiger partial charge in [0, 0.05) is 12.6 Å². The maximum atomic E-state index is 12.1. The number of hydrogen-bond acceptors (Lipinski definition) is 4. The van der Waals surface area contributed by atoms with Gasteiger partial charge >= 0.3 is 12.1 Å². The Labute approximate surface area is 118 Å². The number of carbonyl (C=O) groups excluding carboxylic acids is 1. The van der Waals surface area contributed by atoms with Gasteiger partial charge in [0.1, 0.15) is 5.60 Å². The number of rotatable bonds is 3. The standard InChI is InChI=1S/C14H23NO5/c1-13(2,3)20-12(18)15-7-8-5-10(15)9(8)6-14(4,19)11(16)17/h8-10,19H,5-7H2,1-4H3,(H,16,17)/t8-,9?,10-,14?/m0/s1. The van der Waals surface area contributed by atoms with Crippen LogP contribution in [-0.4, -0.2) is 51.0 Å². The topological polar surface area (TPSA) is 87.1 Å². The minimum absolute atomic E-state index is 0.000625. The molecule has 0 radical (unpaired) electrons. The Balaban J connectivity index is 1.97. The molecule has 1 aliphatic carbocycles. The molecule has 3 aliphatic rings. The molecule has 3 rings (SSSR count). The van der Waals surface area contributed by atoms with E-state index in [4.69, 9.17) is 9.84 Å². The second kappa shape index (κ2) is 4.62. The number of carboxylic acids is 1. The molecule has 20 heavy (non-hydrogen) atoms. The summed E-state index contributed by atoms with van der Waals surface area (Å²) in [5, 5.41) is 18.8. The summed E-state index contributed by atoms with van der Waals surface area (Å²) in [7, 11) is 0. The van der Waals surface area contributed by atoms with Crippen molar-refractivity contribution in [2.24, 2.45) is 11.8 Å². The number of amides is 1. The molecular weight excluding hydrogens is 262 g/mol. The molecule has 0 spiro atoms. The lowest BCUT2D eigenvalue weighted by Crippen LogP contribution is -2.48. The van der Waals surface area contributed by atoms with E-state index in [9.17, 15) is 14.7 Å². The first-order valence-electron chi connectivity index (χ1n) is 6.96. The third kappa shape index (κ3) is 2.75. The van der Waals surface area contributed by atoms with Crippen molar-refractivity contribution in [1.82, 2.24) is 4.90 Å². The van der Waals surface area contributed by atoms with Gasteiger partial charge in [0.2, 0.25) is 0 Å². The molecule has 4 atom stereocenters.